The molecular formula is C10H9ClF3NO2. The van der Waals surface area contributed by atoms with Crippen molar-refractivity contribution in [2.75, 3.05) is 11.4 Å². The molecular weight excluding hydrogens is 259 g/mol. The molecule has 0 saturated heterocycles. The van der Waals surface area contributed by atoms with E-state index in [0.717, 1.165) is 17.0 Å². The topological polar surface area (TPSA) is 40.5 Å². The van der Waals surface area contributed by atoms with Crippen molar-refractivity contribution in [1.82, 2.24) is 0 Å². The second-order valence-corrected chi connectivity index (χ2v) is 3.60. The lowest BCUT2D eigenvalue weighted by molar-refractivity contribution is -0.137. The minimum atomic E-state index is -4.61. The van der Waals surface area contributed by atoms with Crippen LogP contribution in [-0.2, 0) is 6.18 Å². The Morgan fingerprint density at radius 2 is 2.06 bits per heavy atom. The minimum Gasteiger partial charge on any atom is -0.465 e. The number of anilines is 1. The van der Waals surface area contributed by atoms with Crippen molar-refractivity contribution >= 4 is 23.4 Å². The van der Waals surface area contributed by atoms with Crippen molar-refractivity contribution < 1.29 is 23.1 Å². The Morgan fingerprint density at radius 1 is 1.47 bits per heavy atom. The molecule has 0 spiro atoms. The number of carbonyl (C=O) groups is 1. The van der Waals surface area contributed by atoms with Crippen LogP contribution in [0.3, 0.4) is 0 Å². The Balaban J connectivity index is 3.25. The molecule has 0 aromatic heterocycles. The van der Waals surface area contributed by atoms with Gasteiger partial charge in [-0.25, -0.2) is 4.79 Å². The lowest BCUT2D eigenvalue weighted by Gasteiger charge is -2.19. The summed E-state index contributed by atoms with van der Waals surface area (Å²) in [6.07, 6.45) is -5.92. The zero-order valence-electron chi connectivity index (χ0n) is 8.75. The molecule has 94 valence electrons. The molecule has 0 atom stereocenters. The van der Waals surface area contributed by atoms with Gasteiger partial charge in [-0.1, -0.05) is 11.6 Å². The first-order chi connectivity index (χ1) is 7.77. The summed E-state index contributed by atoms with van der Waals surface area (Å²) >= 11 is 5.42. The molecule has 0 aliphatic heterocycles. The van der Waals surface area contributed by atoms with Gasteiger partial charge in [-0.2, -0.15) is 13.2 Å². The van der Waals surface area contributed by atoms with E-state index >= 15 is 0 Å². The lowest BCUT2D eigenvalue weighted by atomic mass is 10.2. The molecule has 7 heteroatoms. The second-order valence-electron chi connectivity index (χ2n) is 3.19. The van der Waals surface area contributed by atoms with E-state index in [1.165, 1.54) is 13.0 Å². The third-order valence-corrected chi connectivity index (χ3v) is 2.44. The van der Waals surface area contributed by atoms with Gasteiger partial charge in [-0.05, 0) is 25.1 Å². The minimum absolute atomic E-state index is 0.0499. The third kappa shape index (κ3) is 3.03. The van der Waals surface area contributed by atoms with Gasteiger partial charge >= 0.3 is 12.3 Å². The predicted octanol–water partition coefficient (Wildman–Crippen LogP) is 3.86. The molecule has 0 aliphatic rings. The number of alkyl halides is 3. The third-order valence-electron chi connectivity index (χ3n) is 2.11. The number of rotatable bonds is 2. The molecule has 1 rings (SSSR count). The van der Waals surface area contributed by atoms with Gasteiger partial charge in [0.05, 0.1) is 10.6 Å². The summed E-state index contributed by atoms with van der Waals surface area (Å²) in [4.78, 5) is 11.6. The van der Waals surface area contributed by atoms with E-state index in [9.17, 15) is 18.0 Å². The van der Waals surface area contributed by atoms with Crippen LogP contribution in [0.15, 0.2) is 18.2 Å². The van der Waals surface area contributed by atoms with E-state index < -0.39 is 22.9 Å². The van der Waals surface area contributed by atoms with Crippen molar-refractivity contribution in [3.05, 3.63) is 28.8 Å². The fourth-order valence-electron chi connectivity index (χ4n) is 1.33. The zero-order valence-corrected chi connectivity index (χ0v) is 9.51. The first-order valence-electron chi connectivity index (χ1n) is 4.64. The molecule has 0 unspecified atom stereocenters. The van der Waals surface area contributed by atoms with E-state index in [2.05, 4.69) is 0 Å². The molecule has 1 aromatic carbocycles. The lowest BCUT2D eigenvalue weighted by Crippen LogP contribution is -2.29. The van der Waals surface area contributed by atoms with Crippen LogP contribution in [0.5, 0.6) is 0 Å². The van der Waals surface area contributed by atoms with Crippen molar-refractivity contribution in [3.8, 4) is 0 Å². The maximum atomic E-state index is 12.5. The number of carboxylic acid groups (broad SMARTS) is 1. The average molecular weight is 268 g/mol. The maximum absolute atomic E-state index is 12.5. The fourth-order valence-corrected chi connectivity index (χ4v) is 1.55. The van der Waals surface area contributed by atoms with Crippen molar-refractivity contribution in [2.24, 2.45) is 0 Å². The first kappa shape index (κ1) is 13.6. The monoisotopic (exact) mass is 267 g/mol. The SMILES string of the molecule is CCN(C(=O)O)c1ccc(Cl)c(C(F)(F)F)c1. The van der Waals surface area contributed by atoms with Crippen LogP contribution >= 0.6 is 11.6 Å². The van der Waals surface area contributed by atoms with Crippen molar-refractivity contribution in [2.45, 2.75) is 13.1 Å². The van der Waals surface area contributed by atoms with Gasteiger partial charge in [-0.3, -0.25) is 4.90 Å². The Labute approximate surface area is 100 Å². The molecule has 0 bridgehead atoms. The number of hydrogen-bond donors (Lipinski definition) is 1. The van der Waals surface area contributed by atoms with Crippen molar-refractivity contribution in [1.29, 1.82) is 0 Å². The van der Waals surface area contributed by atoms with Gasteiger partial charge in [0, 0.05) is 12.2 Å². The number of hydrogen-bond acceptors (Lipinski definition) is 1. The van der Waals surface area contributed by atoms with Crippen molar-refractivity contribution in [3.63, 3.8) is 0 Å². The fraction of sp³-hybridized carbons (Fsp3) is 0.300. The van der Waals surface area contributed by atoms with Gasteiger partial charge in [0.25, 0.3) is 0 Å². The van der Waals surface area contributed by atoms with Gasteiger partial charge in [-0.15, -0.1) is 0 Å². The Kier molecular flexibility index (Phi) is 3.87. The molecule has 3 nitrogen and oxygen atoms in total. The van der Waals surface area contributed by atoms with Gasteiger partial charge in [0.2, 0.25) is 0 Å². The van der Waals surface area contributed by atoms with Crippen LogP contribution in [0.1, 0.15) is 12.5 Å². The molecule has 0 fully saturated rings. The summed E-state index contributed by atoms with van der Waals surface area (Å²) in [5, 5.41) is 8.35. The quantitative estimate of drug-likeness (QED) is 0.884. The molecule has 0 saturated carbocycles. The zero-order chi connectivity index (χ0) is 13.2. The van der Waals surface area contributed by atoms with E-state index in [1.807, 2.05) is 0 Å². The highest BCUT2D eigenvalue weighted by Gasteiger charge is 2.34. The highest BCUT2D eigenvalue weighted by atomic mass is 35.5. The Hall–Kier alpha value is -1.43. The molecule has 17 heavy (non-hydrogen) atoms. The smallest absolute Gasteiger partial charge is 0.417 e. The highest BCUT2D eigenvalue weighted by Crippen LogP contribution is 2.36. The van der Waals surface area contributed by atoms with E-state index in [1.54, 1.807) is 0 Å². The van der Waals surface area contributed by atoms with E-state index in [0.29, 0.717) is 0 Å². The average Bonchev–Trinajstić information content (AvgIpc) is 2.19. The Bertz CT molecular complexity index is 434. The molecule has 1 amide bonds. The summed E-state index contributed by atoms with van der Waals surface area (Å²) in [5.74, 6) is 0. The van der Waals surface area contributed by atoms with Crippen LogP contribution in [0.25, 0.3) is 0 Å². The highest BCUT2D eigenvalue weighted by molar-refractivity contribution is 6.31. The Morgan fingerprint density at radius 3 is 2.47 bits per heavy atom. The van der Waals surface area contributed by atoms with Gasteiger partial charge < -0.3 is 5.11 Å². The van der Waals surface area contributed by atoms with Crippen LogP contribution < -0.4 is 4.90 Å². The largest absolute Gasteiger partial charge is 0.465 e. The predicted molar refractivity (Wildman–Crippen MR) is 57.5 cm³/mol. The van der Waals surface area contributed by atoms with Gasteiger partial charge in [0.1, 0.15) is 0 Å². The second kappa shape index (κ2) is 4.83. The van der Waals surface area contributed by atoms with Crippen LogP contribution in [-0.4, -0.2) is 17.7 Å². The molecule has 0 radical (unpaired) electrons. The number of halogens is 4. The summed E-state index contributed by atoms with van der Waals surface area (Å²) in [7, 11) is 0. The van der Waals surface area contributed by atoms with Crippen LogP contribution in [0.4, 0.5) is 23.7 Å². The van der Waals surface area contributed by atoms with E-state index in [-0.39, 0.29) is 12.2 Å². The molecule has 1 N–H and O–H groups in total. The maximum Gasteiger partial charge on any atom is 0.417 e. The summed E-state index contributed by atoms with van der Waals surface area (Å²) < 4.78 is 37.6. The summed E-state index contributed by atoms with van der Waals surface area (Å²) in [5.41, 5.74) is -1.10. The summed E-state index contributed by atoms with van der Waals surface area (Å²) in [6.45, 7) is 1.57. The first-order valence-corrected chi connectivity index (χ1v) is 5.02. The molecule has 1 aromatic rings. The van der Waals surface area contributed by atoms with E-state index in [4.69, 9.17) is 16.7 Å². The number of amides is 1. The number of nitrogens with zero attached hydrogens (tertiary/aromatic N) is 1. The molecule has 0 aliphatic carbocycles. The number of benzene rings is 1. The van der Waals surface area contributed by atoms with Crippen LogP contribution in [0.2, 0.25) is 5.02 Å². The van der Waals surface area contributed by atoms with Gasteiger partial charge in [0.15, 0.2) is 0 Å². The molecule has 0 heterocycles. The standard InChI is InChI=1S/C10H9ClF3NO2/c1-2-15(9(16)17)6-3-4-8(11)7(5-6)10(12,13)14/h3-5H,2H2,1H3,(H,16,17). The van der Waals surface area contributed by atoms with Crippen LogP contribution in [0, 0.1) is 0 Å². The summed E-state index contributed by atoms with van der Waals surface area (Å²) in [6, 6.07) is 2.99. The normalized spacial score (nSPS) is 11.4.